The van der Waals surface area contributed by atoms with Crippen LogP contribution in [-0.2, 0) is 19.1 Å². The quantitative estimate of drug-likeness (QED) is 0.282. The zero-order valence-corrected chi connectivity index (χ0v) is 21.7. The van der Waals surface area contributed by atoms with Gasteiger partial charge in [-0.15, -0.1) is 11.8 Å². The van der Waals surface area contributed by atoms with Gasteiger partial charge in [-0.2, -0.15) is 0 Å². The molecule has 0 bridgehead atoms. The number of carbonyl (C=O) groups is 4. The monoisotopic (exact) mass is 535 g/mol. The molecule has 0 aromatic carbocycles. The Labute approximate surface area is 219 Å². The van der Waals surface area contributed by atoms with Crippen LogP contribution in [0.15, 0.2) is 35.9 Å². The Morgan fingerprint density at radius 2 is 1.89 bits per heavy atom. The number of alkyl carbamates (subject to hydrolysis) is 1. The second kappa shape index (κ2) is 10.8. The first-order chi connectivity index (χ1) is 17.6. The number of aliphatic carboxylic acids is 1. The van der Waals surface area contributed by atoms with Crippen LogP contribution in [0.25, 0.3) is 0 Å². The molecule has 0 radical (unpaired) electrons. The number of carboxylic acid groups (broad SMARTS) is 1. The van der Waals surface area contributed by atoms with Crippen molar-refractivity contribution in [2.45, 2.75) is 56.2 Å². The summed E-state index contributed by atoms with van der Waals surface area (Å²) in [5.41, 5.74) is -0.0374. The fourth-order valence-electron chi connectivity index (χ4n) is 5.73. The lowest BCUT2D eigenvalue weighted by molar-refractivity contribution is -0.163. The van der Waals surface area contributed by atoms with E-state index in [1.165, 1.54) is 28.8 Å². The number of rotatable bonds is 10. The second-order valence-corrected chi connectivity index (χ2v) is 11.2. The number of thioether (sulfide) groups is 1. The van der Waals surface area contributed by atoms with Gasteiger partial charge in [-0.1, -0.05) is 32.2 Å². The molecule has 0 unspecified atom stereocenters. The van der Waals surface area contributed by atoms with Gasteiger partial charge >= 0.3 is 18.2 Å². The molecule has 3 heterocycles. The van der Waals surface area contributed by atoms with Crippen LogP contribution < -0.4 is 5.32 Å². The van der Waals surface area contributed by atoms with E-state index in [4.69, 9.17) is 9.47 Å². The lowest BCUT2D eigenvalue weighted by Crippen LogP contribution is -2.63. The van der Waals surface area contributed by atoms with E-state index >= 15 is 0 Å². The number of ether oxygens (including phenoxy) is 2. The van der Waals surface area contributed by atoms with Crippen LogP contribution in [0.3, 0.4) is 0 Å². The third kappa shape index (κ3) is 5.08. The summed E-state index contributed by atoms with van der Waals surface area (Å²) in [5.74, 6) is -2.45. The summed E-state index contributed by atoms with van der Waals surface area (Å²) in [7, 11) is 0. The largest absolute Gasteiger partial charge is 0.477 e. The van der Waals surface area contributed by atoms with Gasteiger partial charge in [0.25, 0.3) is 0 Å². The molecule has 1 aliphatic carbocycles. The smallest absolute Gasteiger partial charge is 0.410 e. The Kier molecular flexibility index (Phi) is 7.88. The maximum Gasteiger partial charge on any atom is 0.410 e. The number of aliphatic hydroxyl groups is 1. The average molecular weight is 536 g/mol. The Bertz CT molecular complexity index is 1030. The van der Waals surface area contributed by atoms with Crippen LogP contribution in [0.4, 0.5) is 9.59 Å². The van der Waals surface area contributed by atoms with Gasteiger partial charge in [0.1, 0.15) is 18.9 Å². The molecule has 2 saturated heterocycles. The van der Waals surface area contributed by atoms with E-state index in [9.17, 15) is 29.4 Å². The number of hydrogen-bond acceptors (Lipinski definition) is 8. The molecular formula is C25H33N3O8S. The van der Waals surface area contributed by atoms with Crippen molar-refractivity contribution in [3.63, 3.8) is 0 Å². The number of aliphatic hydroxyl groups excluding tert-OH is 1. The summed E-state index contributed by atoms with van der Waals surface area (Å²) in [6.45, 7) is 11.0. The van der Waals surface area contributed by atoms with Crippen molar-refractivity contribution in [1.29, 1.82) is 0 Å². The van der Waals surface area contributed by atoms with Gasteiger partial charge in [0.05, 0.1) is 18.1 Å². The number of carboxylic acids is 1. The van der Waals surface area contributed by atoms with Crippen LogP contribution in [0.5, 0.6) is 0 Å². The molecule has 3 amide bonds. The molecule has 3 aliphatic heterocycles. The SMILES string of the molecule is C=CCOC(=O)N[C@@H]1C[C@H]1[C@@H]1C[C@H](SC2=C(C(=O)O)N3C(=O)[C@H]([C@@H](C)O)[C@H]3[C@H]2C)CN1C(=O)OCC=C. The van der Waals surface area contributed by atoms with E-state index in [0.717, 1.165) is 0 Å². The zero-order chi connectivity index (χ0) is 27.0. The summed E-state index contributed by atoms with van der Waals surface area (Å²) in [5, 5.41) is 22.7. The fourth-order valence-corrected chi connectivity index (χ4v) is 7.27. The lowest BCUT2D eigenvalue weighted by Gasteiger charge is -2.46. The Morgan fingerprint density at radius 3 is 2.51 bits per heavy atom. The van der Waals surface area contributed by atoms with Gasteiger partial charge in [-0.3, -0.25) is 4.79 Å². The van der Waals surface area contributed by atoms with E-state index in [0.29, 0.717) is 24.3 Å². The number of β-lactam (4-membered cyclic amide) rings is 1. The predicted molar refractivity (Wildman–Crippen MR) is 134 cm³/mol. The minimum atomic E-state index is -1.18. The highest BCUT2D eigenvalue weighted by molar-refractivity contribution is 8.03. The molecule has 12 heteroatoms. The number of nitrogens with zero attached hydrogens (tertiary/aromatic N) is 2. The molecule has 0 aromatic heterocycles. The molecule has 0 spiro atoms. The number of nitrogens with one attached hydrogen (secondary N) is 1. The van der Waals surface area contributed by atoms with E-state index in [2.05, 4.69) is 18.5 Å². The van der Waals surface area contributed by atoms with Crippen molar-refractivity contribution < 1.29 is 38.9 Å². The number of fused-ring (bicyclic) bond motifs is 1. The molecule has 202 valence electrons. The Balaban J connectivity index is 1.49. The number of carbonyl (C=O) groups excluding carboxylic acids is 3. The summed E-state index contributed by atoms with van der Waals surface area (Å²) in [4.78, 5) is 53.1. The van der Waals surface area contributed by atoms with Crippen LogP contribution in [0.1, 0.15) is 26.7 Å². The van der Waals surface area contributed by atoms with E-state index in [-0.39, 0.29) is 54.0 Å². The highest BCUT2D eigenvalue weighted by atomic mass is 32.2. The summed E-state index contributed by atoms with van der Waals surface area (Å²) in [6.07, 6.45) is 2.29. The Hall–Kier alpha value is -2.99. The first-order valence-corrected chi connectivity index (χ1v) is 13.2. The summed E-state index contributed by atoms with van der Waals surface area (Å²) >= 11 is 1.37. The molecule has 8 atom stereocenters. The van der Waals surface area contributed by atoms with Crippen molar-refractivity contribution in [3.8, 4) is 0 Å². The van der Waals surface area contributed by atoms with Gasteiger partial charge < -0.3 is 34.8 Å². The molecule has 3 N–H and O–H groups in total. The standard InChI is InChI=1S/C25H33N3O8S/c1-5-7-35-24(33)26-16-10-15(16)17-9-14(11-27(17)25(34)36-8-6-2)37-21-12(3)19-18(13(4)29)22(30)28(19)20(21)23(31)32/h5-6,12-19,29H,1-2,7-11H2,3-4H3,(H,26,33)(H,31,32)/t12-,13-,14+,15-,16-,17+,18-,19-/m1/s1. The Morgan fingerprint density at radius 1 is 1.22 bits per heavy atom. The normalized spacial score (nSPS) is 32.8. The molecule has 37 heavy (non-hydrogen) atoms. The lowest BCUT2D eigenvalue weighted by atomic mass is 9.79. The highest BCUT2D eigenvalue weighted by Crippen LogP contribution is 2.53. The van der Waals surface area contributed by atoms with Crippen molar-refractivity contribution in [2.75, 3.05) is 19.8 Å². The molecule has 3 fully saturated rings. The first-order valence-electron chi connectivity index (χ1n) is 12.3. The molecule has 1 saturated carbocycles. The predicted octanol–water partition coefficient (Wildman–Crippen LogP) is 1.94. The summed E-state index contributed by atoms with van der Waals surface area (Å²) < 4.78 is 10.3. The number of hydrogen-bond donors (Lipinski definition) is 3. The van der Waals surface area contributed by atoms with Crippen LogP contribution in [-0.4, -0.2) is 93.3 Å². The van der Waals surface area contributed by atoms with Crippen molar-refractivity contribution >= 4 is 35.8 Å². The fraction of sp³-hybridized carbons (Fsp3) is 0.600. The van der Waals surface area contributed by atoms with Gasteiger partial charge in [-0.05, 0) is 19.8 Å². The van der Waals surface area contributed by atoms with Crippen molar-refractivity contribution in [2.24, 2.45) is 17.8 Å². The molecule has 4 rings (SSSR count). The molecular weight excluding hydrogens is 502 g/mol. The van der Waals surface area contributed by atoms with E-state index in [1.54, 1.807) is 11.8 Å². The maximum absolute atomic E-state index is 12.8. The van der Waals surface area contributed by atoms with Crippen LogP contribution in [0, 0.1) is 17.8 Å². The zero-order valence-electron chi connectivity index (χ0n) is 20.9. The minimum Gasteiger partial charge on any atom is -0.477 e. The maximum atomic E-state index is 12.8. The van der Waals surface area contributed by atoms with Gasteiger partial charge in [0.15, 0.2) is 0 Å². The third-order valence-corrected chi connectivity index (χ3v) is 8.93. The van der Waals surface area contributed by atoms with E-state index in [1.807, 2.05) is 6.92 Å². The molecule has 0 aromatic rings. The topological polar surface area (TPSA) is 146 Å². The van der Waals surface area contributed by atoms with Crippen LogP contribution >= 0.6 is 11.8 Å². The highest BCUT2D eigenvalue weighted by Gasteiger charge is 2.60. The van der Waals surface area contributed by atoms with Crippen molar-refractivity contribution in [3.05, 3.63) is 35.9 Å². The number of amides is 3. The molecule has 11 nitrogen and oxygen atoms in total. The second-order valence-electron chi connectivity index (χ2n) is 9.87. The van der Waals surface area contributed by atoms with Gasteiger partial charge in [0.2, 0.25) is 5.91 Å². The number of likely N-dealkylation sites (tertiary alicyclic amines) is 1. The average Bonchev–Trinajstić information content (AvgIpc) is 3.38. The van der Waals surface area contributed by atoms with Crippen molar-refractivity contribution in [1.82, 2.24) is 15.1 Å². The van der Waals surface area contributed by atoms with Gasteiger partial charge in [-0.25, -0.2) is 14.4 Å². The molecule has 4 aliphatic rings. The van der Waals surface area contributed by atoms with Gasteiger partial charge in [0, 0.05) is 40.6 Å². The summed E-state index contributed by atoms with van der Waals surface area (Å²) in [6, 6.07) is -0.758. The minimum absolute atomic E-state index is 0.00761. The first kappa shape index (κ1) is 27.1. The van der Waals surface area contributed by atoms with Crippen LogP contribution in [0.2, 0.25) is 0 Å². The third-order valence-electron chi connectivity index (χ3n) is 7.44. The van der Waals surface area contributed by atoms with E-state index < -0.39 is 36.2 Å².